The van der Waals surface area contributed by atoms with Crippen molar-refractivity contribution in [1.82, 2.24) is 4.90 Å². The number of likely N-dealkylation sites (N-methyl/N-ethyl adjacent to an activating group) is 1. The van der Waals surface area contributed by atoms with Crippen molar-refractivity contribution >= 4 is 23.1 Å². The zero-order chi connectivity index (χ0) is 11.1. The maximum atomic E-state index is 11.3. The molecule has 0 atom stereocenters. The zero-order valence-corrected chi connectivity index (χ0v) is 9.76. The molecule has 14 heavy (non-hydrogen) atoms. The number of thiocarbonyl (C=S) groups is 1. The van der Waals surface area contributed by atoms with Gasteiger partial charge in [0.2, 0.25) is 5.91 Å². The molecular weight excluding hydrogens is 200 g/mol. The van der Waals surface area contributed by atoms with Gasteiger partial charge in [0.15, 0.2) is 0 Å². The number of amides is 1. The van der Waals surface area contributed by atoms with Crippen LogP contribution in [0.2, 0.25) is 0 Å². The molecule has 0 rings (SSSR count). The van der Waals surface area contributed by atoms with Crippen molar-refractivity contribution in [2.45, 2.75) is 26.4 Å². The van der Waals surface area contributed by atoms with E-state index in [4.69, 9.17) is 10.5 Å². The fraction of sp³-hybridized carbons (Fsp3) is 0.778. The summed E-state index contributed by atoms with van der Waals surface area (Å²) in [7, 11) is 1.71. The molecule has 0 saturated heterocycles. The van der Waals surface area contributed by atoms with Gasteiger partial charge in [0, 0.05) is 13.6 Å². The second-order valence-corrected chi connectivity index (χ2v) is 3.90. The van der Waals surface area contributed by atoms with Gasteiger partial charge < -0.3 is 15.4 Å². The number of nitrogens with zero attached hydrogens (tertiary/aromatic N) is 1. The first-order chi connectivity index (χ1) is 6.43. The molecule has 0 radical (unpaired) electrons. The third-order valence-corrected chi connectivity index (χ3v) is 1.77. The van der Waals surface area contributed by atoms with Crippen LogP contribution in [0, 0.1) is 0 Å². The van der Waals surface area contributed by atoms with Crippen LogP contribution in [0.15, 0.2) is 0 Å². The fourth-order valence-corrected chi connectivity index (χ4v) is 0.958. The summed E-state index contributed by atoms with van der Waals surface area (Å²) in [6, 6.07) is 0. The summed E-state index contributed by atoms with van der Waals surface area (Å²) in [5, 5.41) is 0. The Bertz CT molecular complexity index is 207. The van der Waals surface area contributed by atoms with Crippen LogP contribution in [0.25, 0.3) is 0 Å². The molecule has 2 N–H and O–H groups in total. The van der Waals surface area contributed by atoms with Crippen LogP contribution in [-0.4, -0.2) is 42.1 Å². The van der Waals surface area contributed by atoms with Crippen LogP contribution >= 0.6 is 12.2 Å². The van der Waals surface area contributed by atoms with Crippen LogP contribution in [0.1, 0.15) is 20.3 Å². The first kappa shape index (κ1) is 13.3. The summed E-state index contributed by atoms with van der Waals surface area (Å²) in [4.78, 5) is 13.1. The first-order valence-corrected chi connectivity index (χ1v) is 4.98. The van der Waals surface area contributed by atoms with Crippen molar-refractivity contribution < 1.29 is 9.53 Å². The van der Waals surface area contributed by atoms with Gasteiger partial charge in [-0.3, -0.25) is 4.79 Å². The van der Waals surface area contributed by atoms with Crippen molar-refractivity contribution in [1.29, 1.82) is 0 Å². The molecule has 0 fully saturated rings. The van der Waals surface area contributed by atoms with E-state index in [2.05, 4.69) is 12.2 Å². The Kier molecular flexibility index (Phi) is 6.40. The predicted molar refractivity (Wildman–Crippen MR) is 60.1 cm³/mol. The molecule has 0 spiro atoms. The Labute approximate surface area is 90.4 Å². The first-order valence-electron chi connectivity index (χ1n) is 4.57. The molecule has 5 heteroatoms. The van der Waals surface area contributed by atoms with Gasteiger partial charge in [0.05, 0.1) is 24.1 Å². The average Bonchev–Trinajstić information content (AvgIpc) is 2.01. The molecule has 1 amide bonds. The SMILES string of the molecule is CC(C)OCCN(C)C(=O)CC(N)=S. The van der Waals surface area contributed by atoms with Crippen molar-refractivity contribution in [3.05, 3.63) is 0 Å². The summed E-state index contributed by atoms with van der Waals surface area (Å²) in [6.07, 6.45) is 0.321. The maximum Gasteiger partial charge on any atom is 0.229 e. The second-order valence-electron chi connectivity index (χ2n) is 3.38. The lowest BCUT2D eigenvalue weighted by atomic mass is 10.3. The van der Waals surface area contributed by atoms with Crippen molar-refractivity contribution in [2.75, 3.05) is 20.2 Å². The Morgan fingerprint density at radius 2 is 2.14 bits per heavy atom. The van der Waals surface area contributed by atoms with Gasteiger partial charge in [-0.25, -0.2) is 0 Å². The van der Waals surface area contributed by atoms with E-state index in [1.165, 1.54) is 0 Å². The molecule has 4 nitrogen and oxygen atoms in total. The Morgan fingerprint density at radius 1 is 1.57 bits per heavy atom. The van der Waals surface area contributed by atoms with Gasteiger partial charge in [0.25, 0.3) is 0 Å². The number of nitrogens with two attached hydrogens (primary N) is 1. The van der Waals surface area contributed by atoms with Gasteiger partial charge in [-0.05, 0) is 13.8 Å². The molecule has 0 aliphatic carbocycles. The van der Waals surface area contributed by atoms with Crippen molar-refractivity contribution in [3.63, 3.8) is 0 Å². The van der Waals surface area contributed by atoms with Gasteiger partial charge >= 0.3 is 0 Å². The van der Waals surface area contributed by atoms with E-state index >= 15 is 0 Å². The fourth-order valence-electron chi connectivity index (χ4n) is 0.834. The third kappa shape index (κ3) is 6.80. The number of hydrogen-bond acceptors (Lipinski definition) is 3. The summed E-state index contributed by atoms with van der Waals surface area (Å²) >= 11 is 4.64. The summed E-state index contributed by atoms with van der Waals surface area (Å²) in [6.45, 7) is 5.02. The van der Waals surface area contributed by atoms with Gasteiger partial charge in [-0.2, -0.15) is 0 Å². The normalized spacial score (nSPS) is 10.3. The summed E-state index contributed by atoms with van der Waals surface area (Å²) in [5.41, 5.74) is 5.26. The van der Waals surface area contributed by atoms with E-state index in [1.807, 2.05) is 13.8 Å². The minimum atomic E-state index is -0.0649. The van der Waals surface area contributed by atoms with E-state index in [-0.39, 0.29) is 23.4 Å². The lowest BCUT2D eigenvalue weighted by Crippen LogP contribution is -2.33. The van der Waals surface area contributed by atoms with E-state index < -0.39 is 0 Å². The Hall–Kier alpha value is -0.680. The molecule has 0 unspecified atom stereocenters. The average molecular weight is 218 g/mol. The maximum absolute atomic E-state index is 11.3. The standard InChI is InChI=1S/C9H18N2O2S/c1-7(2)13-5-4-11(3)9(12)6-8(10)14/h7H,4-6H2,1-3H3,(H2,10,14). The van der Waals surface area contributed by atoms with E-state index in [0.717, 1.165) is 0 Å². The van der Waals surface area contributed by atoms with Crippen LogP contribution in [0.4, 0.5) is 0 Å². The zero-order valence-electron chi connectivity index (χ0n) is 8.95. The highest BCUT2D eigenvalue weighted by molar-refractivity contribution is 7.80. The molecule has 0 saturated carbocycles. The molecule has 0 heterocycles. The highest BCUT2D eigenvalue weighted by Gasteiger charge is 2.09. The number of hydrogen-bond donors (Lipinski definition) is 1. The predicted octanol–water partition coefficient (Wildman–Crippen LogP) is 0.546. The molecule has 0 aromatic carbocycles. The van der Waals surface area contributed by atoms with Crippen LogP contribution in [-0.2, 0) is 9.53 Å². The van der Waals surface area contributed by atoms with Crippen molar-refractivity contribution in [2.24, 2.45) is 5.73 Å². The van der Waals surface area contributed by atoms with Crippen molar-refractivity contribution in [3.8, 4) is 0 Å². The van der Waals surface area contributed by atoms with Crippen LogP contribution in [0.3, 0.4) is 0 Å². The molecule has 0 aromatic heterocycles. The Morgan fingerprint density at radius 3 is 2.57 bits per heavy atom. The van der Waals surface area contributed by atoms with Gasteiger partial charge in [-0.15, -0.1) is 0 Å². The van der Waals surface area contributed by atoms with Crippen LogP contribution in [0.5, 0.6) is 0 Å². The number of carbonyl (C=O) groups excluding carboxylic acids is 1. The monoisotopic (exact) mass is 218 g/mol. The molecule has 0 aliphatic heterocycles. The molecular formula is C9H18N2O2S. The lowest BCUT2D eigenvalue weighted by Gasteiger charge is -2.17. The molecule has 0 aliphatic rings. The van der Waals surface area contributed by atoms with E-state index in [9.17, 15) is 4.79 Å². The molecule has 0 bridgehead atoms. The lowest BCUT2D eigenvalue weighted by molar-refractivity contribution is -0.129. The molecule has 0 aromatic rings. The molecule has 82 valence electrons. The number of rotatable bonds is 6. The van der Waals surface area contributed by atoms with Gasteiger partial charge in [0.1, 0.15) is 0 Å². The van der Waals surface area contributed by atoms with Crippen LogP contribution < -0.4 is 5.73 Å². The van der Waals surface area contributed by atoms with E-state index in [0.29, 0.717) is 13.2 Å². The summed E-state index contributed by atoms with van der Waals surface area (Å²) < 4.78 is 5.31. The minimum Gasteiger partial charge on any atom is -0.393 e. The highest BCUT2D eigenvalue weighted by atomic mass is 32.1. The van der Waals surface area contributed by atoms with E-state index in [1.54, 1.807) is 11.9 Å². The number of carbonyl (C=O) groups is 1. The highest BCUT2D eigenvalue weighted by Crippen LogP contribution is 1.93. The Balaban J connectivity index is 3.67. The second kappa shape index (κ2) is 6.73. The van der Waals surface area contributed by atoms with Gasteiger partial charge in [-0.1, -0.05) is 12.2 Å². The minimum absolute atomic E-state index is 0.0649. The largest absolute Gasteiger partial charge is 0.393 e. The number of ether oxygens (including phenoxy) is 1. The summed E-state index contributed by atoms with van der Waals surface area (Å²) in [5.74, 6) is -0.0649. The smallest absolute Gasteiger partial charge is 0.229 e. The quantitative estimate of drug-likeness (QED) is 0.661. The third-order valence-electron chi connectivity index (χ3n) is 1.63. The topological polar surface area (TPSA) is 55.6 Å².